The molecule has 0 aromatic carbocycles. The lowest BCUT2D eigenvalue weighted by Crippen LogP contribution is -2.44. The molecule has 216 valence electrons. The van der Waals surface area contributed by atoms with Crippen LogP contribution in [0.15, 0.2) is 0 Å². The highest BCUT2D eigenvalue weighted by Gasteiger charge is 2.64. The van der Waals surface area contributed by atoms with Crippen LogP contribution >= 0.6 is 11.8 Å². The maximum atomic E-state index is 11.6. The largest absolute Gasteiger partial charge is 0.402 e. The number of methoxy groups -OCH3 is 1. The maximum Gasteiger partial charge on any atom is 0.402 e. The highest BCUT2D eigenvalue weighted by Crippen LogP contribution is 2.49. The first kappa shape index (κ1) is 50.5. The van der Waals surface area contributed by atoms with Crippen LogP contribution in [-0.4, -0.2) is 62.4 Å². The molecule has 0 spiro atoms. The number of alkyl halides is 6. The molecule has 0 heterocycles. The number of carbonyl (C=O) groups is 1. The summed E-state index contributed by atoms with van der Waals surface area (Å²) < 4.78 is 87.8. The van der Waals surface area contributed by atoms with Crippen LogP contribution in [0.4, 0.5) is 26.3 Å². The molecule has 0 rings (SSSR count). The summed E-state index contributed by atoms with van der Waals surface area (Å²) in [6.45, 7) is 16.3. The van der Waals surface area contributed by atoms with Gasteiger partial charge in [0.25, 0.3) is 0 Å². The van der Waals surface area contributed by atoms with Gasteiger partial charge in [0.05, 0.1) is 7.11 Å². The molecule has 0 aliphatic heterocycles. The molecular formula is C22H50F6O4S2. The minimum absolute atomic E-state index is 0.104. The Balaban J connectivity index is -0.0000000542. The zero-order valence-corrected chi connectivity index (χ0v) is 25.6. The molecule has 0 N–H and O–H groups in total. The molecule has 0 amide bonds. The molecule has 0 saturated carbocycles. The van der Waals surface area contributed by atoms with Crippen LogP contribution in [0.5, 0.6) is 0 Å². The average Bonchev–Trinajstić information content (AvgIpc) is 2.53. The topological polar surface area (TPSA) is 52.6 Å². The van der Waals surface area contributed by atoms with E-state index in [1.165, 1.54) is 33.6 Å². The van der Waals surface area contributed by atoms with Crippen molar-refractivity contribution in [2.24, 2.45) is 10.8 Å². The lowest BCUT2D eigenvalue weighted by molar-refractivity contribution is -0.327. The second-order valence-corrected chi connectivity index (χ2v) is 10.6. The van der Waals surface area contributed by atoms with Crippen molar-refractivity contribution < 1.29 is 44.3 Å². The SMILES string of the molecule is CC(C)(C(F)(F)F)C(F)(F)F.CC(C)(C)C.CC(C)=O.CCC.COC.COS(C)=O.CSC. The van der Waals surface area contributed by atoms with Crippen molar-refractivity contribution in [3.8, 4) is 0 Å². The molecule has 0 radical (unpaired) electrons. The summed E-state index contributed by atoms with van der Waals surface area (Å²) >= 11 is 0.677. The van der Waals surface area contributed by atoms with Crippen molar-refractivity contribution in [1.29, 1.82) is 0 Å². The van der Waals surface area contributed by atoms with Crippen LogP contribution in [0.25, 0.3) is 0 Å². The monoisotopic (exact) mass is 556 g/mol. The standard InChI is InChI=1S/C5H6F6.C5H12.C3H6O.C3H8.C2H6O2S.C2H6O.C2H6S/c1-3(2,4(6,7)8)5(9,10)11;1-5(2,3)4;1-3(2)4;1-3-2;1-4-5(2)3;2*1-3-2/h1-2H3;1-4H3;1-2H3;3H2,1-2H3;1-2H3;2*1-2H3. The Morgan fingerprint density at radius 3 is 0.882 bits per heavy atom. The Hall–Kier alpha value is -0.330. The molecule has 12 heteroatoms. The summed E-state index contributed by atoms with van der Waals surface area (Å²) in [6.07, 6.45) is -3.68. The molecule has 0 aliphatic carbocycles. The fraction of sp³-hybridized carbons (Fsp3) is 0.955. The van der Waals surface area contributed by atoms with Crippen molar-refractivity contribution in [2.75, 3.05) is 40.1 Å². The highest BCUT2D eigenvalue weighted by atomic mass is 32.2. The highest BCUT2D eigenvalue weighted by molar-refractivity contribution is 7.97. The van der Waals surface area contributed by atoms with Crippen molar-refractivity contribution >= 4 is 28.6 Å². The Morgan fingerprint density at radius 1 is 0.794 bits per heavy atom. The van der Waals surface area contributed by atoms with Crippen molar-refractivity contribution in [3.63, 3.8) is 0 Å². The lowest BCUT2D eigenvalue weighted by Gasteiger charge is -2.29. The predicted molar refractivity (Wildman–Crippen MR) is 137 cm³/mol. The molecule has 0 bridgehead atoms. The van der Waals surface area contributed by atoms with Crippen LogP contribution in [-0.2, 0) is 24.8 Å². The fourth-order valence-electron chi connectivity index (χ4n) is 0.161. The van der Waals surface area contributed by atoms with Gasteiger partial charge >= 0.3 is 12.4 Å². The number of ketones is 1. The summed E-state index contributed by atoms with van der Waals surface area (Å²) in [5.74, 6) is 0.167. The smallest absolute Gasteiger partial charge is 0.388 e. The fourth-order valence-corrected chi connectivity index (χ4v) is 0.161. The van der Waals surface area contributed by atoms with E-state index in [2.05, 4.69) is 50.5 Å². The summed E-state index contributed by atoms with van der Waals surface area (Å²) in [6, 6.07) is 0. The van der Waals surface area contributed by atoms with Gasteiger partial charge in [-0.1, -0.05) is 48.0 Å². The Kier molecular flexibility index (Phi) is 43.0. The third kappa shape index (κ3) is 77.0. The number of halogens is 6. The summed E-state index contributed by atoms with van der Waals surface area (Å²) in [5.41, 5.74) is -3.12. The molecule has 1 unspecified atom stereocenters. The minimum Gasteiger partial charge on any atom is -0.388 e. The molecular weight excluding hydrogens is 506 g/mol. The van der Waals surface area contributed by atoms with Crippen molar-refractivity contribution in [2.45, 2.75) is 88.0 Å². The normalized spacial score (nSPS) is 11.2. The minimum atomic E-state index is -5.24. The quantitative estimate of drug-likeness (QED) is 0.304. The van der Waals surface area contributed by atoms with E-state index >= 15 is 0 Å². The molecule has 4 nitrogen and oxygen atoms in total. The number of ether oxygens (including phenoxy) is 1. The predicted octanol–water partition coefficient (Wildman–Crippen LogP) is 8.37. The van der Waals surface area contributed by atoms with Crippen LogP contribution < -0.4 is 0 Å². The summed E-state index contributed by atoms with van der Waals surface area (Å²) in [5, 5.41) is 0. The molecule has 0 fully saturated rings. The van der Waals surface area contributed by atoms with E-state index in [-0.39, 0.29) is 19.6 Å². The van der Waals surface area contributed by atoms with Crippen LogP contribution in [0.2, 0.25) is 0 Å². The van der Waals surface area contributed by atoms with Gasteiger partial charge in [-0.25, -0.2) is 4.21 Å². The molecule has 0 aromatic heterocycles. The van der Waals surface area contributed by atoms with Crippen LogP contribution in [0.3, 0.4) is 0 Å². The maximum absolute atomic E-state index is 11.6. The molecule has 1 atom stereocenters. The van der Waals surface area contributed by atoms with Crippen molar-refractivity contribution in [3.05, 3.63) is 0 Å². The number of hydrogen-bond donors (Lipinski definition) is 0. The second-order valence-electron chi connectivity index (χ2n) is 8.62. The first-order valence-electron chi connectivity index (χ1n) is 10.0. The van der Waals surface area contributed by atoms with Gasteiger partial charge in [-0.05, 0) is 45.6 Å². The number of Topliss-reactive ketones (excluding diaryl/α,β-unsaturated/α-hetero) is 1. The van der Waals surface area contributed by atoms with Gasteiger partial charge < -0.3 is 9.53 Å². The summed E-state index contributed by atoms with van der Waals surface area (Å²) in [7, 11) is 4.65. The van der Waals surface area contributed by atoms with Gasteiger partial charge in [-0.2, -0.15) is 38.1 Å². The number of carbonyl (C=O) groups excluding carboxylic acids is 1. The third-order valence-corrected chi connectivity index (χ3v) is 2.12. The third-order valence-electron chi connectivity index (χ3n) is 1.65. The van der Waals surface area contributed by atoms with Gasteiger partial charge in [0, 0.05) is 20.5 Å². The molecule has 0 aliphatic rings. The lowest BCUT2D eigenvalue weighted by atomic mass is 9.92. The van der Waals surface area contributed by atoms with E-state index in [0.717, 1.165) is 0 Å². The first-order chi connectivity index (χ1) is 14.7. The molecule has 0 aromatic rings. The van der Waals surface area contributed by atoms with E-state index in [9.17, 15) is 35.3 Å². The van der Waals surface area contributed by atoms with Gasteiger partial charge in [0.2, 0.25) is 0 Å². The zero-order valence-electron chi connectivity index (χ0n) is 23.9. The first-order valence-corrected chi connectivity index (χ1v) is 13.2. The zero-order chi connectivity index (χ0) is 30.0. The van der Waals surface area contributed by atoms with E-state index in [1.54, 1.807) is 26.0 Å². The van der Waals surface area contributed by atoms with E-state index in [0.29, 0.717) is 5.41 Å². The van der Waals surface area contributed by atoms with E-state index in [4.69, 9.17) is 0 Å². The van der Waals surface area contributed by atoms with Gasteiger partial charge in [-0.15, -0.1) is 0 Å². The van der Waals surface area contributed by atoms with E-state index in [1.807, 2.05) is 12.5 Å². The summed E-state index contributed by atoms with van der Waals surface area (Å²) in [4.78, 5) is 9.44. The number of thioether (sulfide) groups is 1. The second kappa shape index (κ2) is 28.9. The number of hydrogen-bond acceptors (Lipinski definition) is 5. The Bertz CT molecular complexity index is 404. The Morgan fingerprint density at radius 2 is 0.882 bits per heavy atom. The van der Waals surface area contributed by atoms with Crippen LogP contribution in [0, 0.1) is 10.8 Å². The van der Waals surface area contributed by atoms with Crippen molar-refractivity contribution in [1.82, 2.24) is 0 Å². The van der Waals surface area contributed by atoms with Gasteiger partial charge in [-0.3, -0.25) is 4.18 Å². The van der Waals surface area contributed by atoms with Crippen LogP contribution in [0.1, 0.15) is 75.7 Å². The Labute approximate surface area is 212 Å². The van der Waals surface area contributed by atoms with E-state index < -0.39 is 28.8 Å². The number of rotatable bonds is 1. The van der Waals surface area contributed by atoms with Gasteiger partial charge in [0.1, 0.15) is 5.78 Å². The average molecular weight is 557 g/mol. The molecule has 0 saturated heterocycles. The molecule has 34 heavy (non-hydrogen) atoms. The van der Waals surface area contributed by atoms with Gasteiger partial charge in [0.15, 0.2) is 16.5 Å².